The van der Waals surface area contributed by atoms with Crippen LogP contribution in [0.15, 0.2) is 12.7 Å². The first-order valence-corrected chi connectivity index (χ1v) is 6.65. The standard InChI is InChI=1S/C11H14ClN7O/c1-11(3-2-4-20-5-11)18-9-15-8(12)16-10(17-9)19-7-13-6-14-19/h6-7H,2-5H2,1H3,(H,15,16,17,18). The fourth-order valence-electron chi connectivity index (χ4n) is 2.11. The van der Waals surface area contributed by atoms with Crippen molar-refractivity contribution >= 4 is 17.5 Å². The minimum atomic E-state index is -0.206. The SMILES string of the molecule is CC1(Nc2nc(Cl)nc(-n3cncn3)n2)CCCOC1. The molecule has 0 bridgehead atoms. The van der Waals surface area contributed by atoms with Gasteiger partial charge in [-0.15, -0.1) is 0 Å². The van der Waals surface area contributed by atoms with Crippen molar-refractivity contribution in [2.75, 3.05) is 18.5 Å². The number of hydrogen-bond acceptors (Lipinski definition) is 7. The van der Waals surface area contributed by atoms with Crippen molar-refractivity contribution in [3.63, 3.8) is 0 Å². The molecule has 20 heavy (non-hydrogen) atoms. The minimum absolute atomic E-state index is 0.105. The molecular weight excluding hydrogens is 282 g/mol. The number of nitrogens with zero attached hydrogens (tertiary/aromatic N) is 6. The summed E-state index contributed by atoms with van der Waals surface area (Å²) in [5, 5.41) is 7.35. The summed E-state index contributed by atoms with van der Waals surface area (Å²) >= 11 is 5.94. The molecular formula is C11H14ClN7O. The first-order valence-electron chi connectivity index (χ1n) is 6.27. The molecule has 1 saturated heterocycles. The highest BCUT2D eigenvalue weighted by Gasteiger charge is 2.28. The van der Waals surface area contributed by atoms with E-state index in [9.17, 15) is 0 Å². The van der Waals surface area contributed by atoms with Gasteiger partial charge in [0, 0.05) is 6.61 Å². The van der Waals surface area contributed by atoms with Gasteiger partial charge in [0.25, 0.3) is 5.95 Å². The van der Waals surface area contributed by atoms with Crippen molar-refractivity contribution in [3.05, 3.63) is 17.9 Å². The molecule has 1 aliphatic rings. The van der Waals surface area contributed by atoms with E-state index in [-0.39, 0.29) is 10.8 Å². The third-order valence-electron chi connectivity index (χ3n) is 3.07. The van der Waals surface area contributed by atoms with Gasteiger partial charge in [-0.25, -0.2) is 4.98 Å². The third-order valence-corrected chi connectivity index (χ3v) is 3.24. The van der Waals surface area contributed by atoms with E-state index in [2.05, 4.69) is 37.3 Å². The van der Waals surface area contributed by atoms with Crippen LogP contribution in [0, 0.1) is 0 Å². The largest absolute Gasteiger partial charge is 0.379 e. The van der Waals surface area contributed by atoms with Gasteiger partial charge < -0.3 is 10.1 Å². The molecule has 0 spiro atoms. The quantitative estimate of drug-likeness (QED) is 0.906. The summed E-state index contributed by atoms with van der Waals surface area (Å²) < 4.78 is 6.92. The van der Waals surface area contributed by atoms with Crippen LogP contribution in [0.25, 0.3) is 5.95 Å². The molecule has 8 nitrogen and oxygen atoms in total. The van der Waals surface area contributed by atoms with Crippen molar-refractivity contribution in [1.82, 2.24) is 29.7 Å². The number of ether oxygens (including phenoxy) is 1. The molecule has 9 heteroatoms. The Morgan fingerprint density at radius 1 is 1.40 bits per heavy atom. The van der Waals surface area contributed by atoms with Gasteiger partial charge >= 0.3 is 0 Å². The fourth-order valence-corrected chi connectivity index (χ4v) is 2.27. The van der Waals surface area contributed by atoms with E-state index in [4.69, 9.17) is 16.3 Å². The Hall–Kier alpha value is -1.80. The molecule has 3 heterocycles. The number of anilines is 1. The Morgan fingerprint density at radius 2 is 2.30 bits per heavy atom. The molecule has 1 aliphatic heterocycles. The number of hydrogen-bond donors (Lipinski definition) is 1. The number of nitrogens with one attached hydrogen (secondary N) is 1. The fraction of sp³-hybridized carbons (Fsp3) is 0.545. The molecule has 2 aromatic rings. The molecule has 0 saturated carbocycles. The maximum Gasteiger partial charge on any atom is 0.258 e. The van der Waals surface area contributed by atoms with Crippen molar-refractivity contribution < 1.29 is 4.74 Å². The molecule has 3 rings (SSSR count). The molecule has 1 N–H and O–H groups in total. The molecule has 0 radical (unpaired) electrons. The zero-order chi connectivity index (χ0) is 14.0. The lowest BCUT2D eigenvalue weighted by atomic mass is 9.95. The van der Waals surface area contributed by atoms with Crippen LogP contribution in [0.5, 0.6) is 0 Å². The van der Waals surface area contributed by atoms with Crippen LogP contribution < -0.4 is 5.32 Å². The average Bonchev–Trinajstić information content (AvgIpc) is 2.92. The molecule has 2 aromatic heterocycles. The second-order valence-electron chi connectivity index (χ2n) is 4.91. The minimum Gasteiger partial charge on any atom is -0.379 e. The lowest BCUT2D eigenvalue weighted by Crippen LogP contribution is -2.43. The van der Waals surface area contributed by atoms with Crippen LogP contribution in [-0.4, -0.2) is 48.5 Å². The Kier molecular flexibility index (Phi) is 3.49. The molecule has 1 atom stereocenters. The smallest absolute Gasteiger partial charge is 0.258 e. The highest BCUT2D eigenvalue weighted by Crippen LogP contribution is 2.23. The van der Waals surface area contributed by atoms with E-state index in [1.54, 1.807) is 0 Å². The molecule has 106 valence electrons. The summed E-state index contributed by atoms with van der Waals surface area (Å²) in [6.45, 7) is 3.47. The van der Waals surface area contributed by atoms with Crippen molar-refractivity contribution in [2.24, 2.45) is 0 Å². The summed E-state index contributed by atoms with van der Waals surface area (Å²) in [7, 11) is 0. The highest BCUT2D eigenvalue weighted by atomic mass is 35.5. The van der Waals surface area contributed by atoms with Crippen LogP contribution in [0.3, 0.4) is 0 Å². The van der Waals surface area contributed by atoms with Crippen molar-refractivity contribution in [1.29, 1.82) is 0 Å². The van der Waals surface area contributed by atoms with E-state index >= 15 is 0 Å². The van der Waals surface area contributed by atoms with Gasteiger partial charge in [0.05, 0.1) is 12.1 Å². The van der Waals surface area contributed by atoms with Crippen LogP contribution in [-0.2, 0) is 4.74 Å². The van der Waals surface area contributed by atoms with Crippen molar-refractivity contribution in [3.8, 4) is 5.95 Å². The zero-order valence-corrected chi connectivity index (χ0v) is 11.7. The topological polar surface area (TPSA) is 90.6 Å². The molecule has 0 aromatic carbocycles. The second kappa shape index (κ2) is 5.29. The Bertz CT molecular complexity index is 582. The van der Waals surface area contributed by atoms with Gasteiger partial charge in [0.2, 0.25) is 11.2 Å². The Labute approximate surface area is 120 Å². The van der Waals surface area contributed by atoms with Crippen molar-refractivity contribution in [2.45, 2.75) is 25.3 Å². The van der Waals surface area contributed by atoms with Gasteiger partial charge in [-0.2, -0.15) is 24.7 Å². The van der Waals surface area contributed by atoms with Gasteiger partial charge in [-0.05, 0) is 31.4 Å². The first kappa shape index (κ1) is 13.2. The van der Waals surface area contributed by atoms with Crippen LogP contribution in [0.4, 0.5) is 5.95 Å². The maximum atomic E-state index is 5.94. The molecule has 1 fully saturated rings. The predicted molar refractivity (Wildman–Crippen MR) is 71.8 cm³/mol. The first-order chi connectivity index (χ1) is 9.65. The van der Waals surface area contributed by atoms with E-state index < -0.39 is 0 Å². The zero-order valence-electron chi connectivity index (χ0n) is 11.0. The van der Waals surface area contributed by atoms with E-state index in [0.29, 0.717) is 18.5 Å². The Morgan fingerprint density at radius 3 is 3.00 bits per heavy atom. The predicted octanol–water partition coefficient (Wildman–Crippen LogP) is 1.09. The third kappa shape index (κ3) is 2.86. The Balaban J connectivity index is 1.86. The molecule has 1 unspecified atom stereocenters. The summed E-state index contributed by atoms with van der Waals surface area (Å²) in [5.74, 6) is 0.730. The maximum absolute atomic E-state index is 5.94. The van der Waals surface area contributed by atoms with E-state index in [1.165, 1.54) is 17.3 Å². The normalized spacial score (nSPS) is 22.7. The second-order valence-corrected chi connectivity index (χ2v) is 5.25. The van der Waals surface area contributed by atoms with Gasteiger partial charge in [-0.3, -0.25) is 0 Å². The van der Waals surface area contributed by atoms with Crippen LogP contribution in [0.1, 0.15) is 19.8 Å². The van der Waals surface area contributed by atoms with Gasteiger partial charge in [-0.1, -0.05) is 0 Å². The summed E-state index contributed by atoms with van der Waals surface area (Å²) in [4.78, 5) is 16.3. The van der Waals surface area contributed by atoms with Gasteiger partial charge in [0.1, 0.15) is 12.7 Å². The lowest BCUT2D eigenvalue weighted by Gasteiger charge is -2.34. The summed E-state index contributed by atoms with van der Waals surface area (Å²) in [5.41, 5.74) is -0.206. The van der Waals surface area contributed by atoms with Gasteiger partial charge in [0.15, 0.2) is 0 Å². The average molecular weight is 296 g/mol. The lowest BCUT2D eigenvalue weighted by molar-refractivity contribution is 0.0537. The van der Waals surface area contributed by atoms with E-state index in [0.717, 1.165) is 19.4 Å². The van der Waals surface area contributed by atoms with Crippen LogP contribution >= 0.6 is 11.6 Å². The van der Waals surface area contributed by atoms with E-state index in [1.807, 2.05) is 0 Å². The summed E-state index contributed by atoms with van der Waals surface area (Å²) in [6, 6.07) is 0. The summed E-state index contributed by atoms with van der Waals surface area (Å²) in [6.07, 6.45) is 4.88. The number of aromatic nitrogens is 6. The van der Waals surface area contributed by atoms with Crippen LogP contribution in [0.2, 0.25) is 5.28 Å². The molecule has 0 amide bonds. The highest BCUT2D eigenvalue weighted by molar-refractivity contribution is 6.28. The number of halogens is 1. The number of rotatable bonds is 3. The molecule has 0 aliphatic carbocycles. The monoisotopic (exact) mass is 295 g/mol.